The molecule has 1 amide bonds. The summed E-state index contributed by atoms with van der Waals surface area (Å²) in [6.45, 7) is 7.30. The average Bonchev–Trinajstić information content (AvgIpc) is 2.45. The Morgan fingerprint density at radius 3 is 2.19 bits per heavy atom. The van der Waals surface area contributed by atoms with Crippen LogP contribution in [0.1, 0.15) is 65.7 Å². The second-order valence-corrected chi connectivity index (χ2v) is 5.35. The van der Waals surface area contributed by atoms with E-state index in [1.165, 1.54) is 0 Å². The Hall–Kier alpha value is -1.32. The maximum Gasteiger partial charge on any atom is 0.304 e. The number of carboxylic acids is 1. The molecule has 0 aliphatic carbocycles. The van der Waals surface area contributed by atoms with Crippen LogP contribution in [0.5, 0.6) is 0 Å². The van der Waals surface area contributed by atoms with E-state index in [1.807, 2.05) is 13.8 Å². The highest BCUT2D eigenvalue weighted by molar-refractivity contribution is 5.83. The molecule has 0 rings (SSSR count). The molecule has 0 fully saturated rings. The lowest BCUT2D eigenvalue weighted by atomic mass is 9.96. The molecule has 0 bridgehead atoms. The second-order valence-electron chi connectivity index (χ2n) is 5.35. The lowest BCUT2D eigenvalue weighted by Crippen LogP contribution is -2.36. The quantitative estimate of drug-likeness (QED) is 0.439. The fraction of sp³-hybridized carbons (Fsp3) is 0.765. The van der Waals surface area contributed by atoms with Crippen molar-refractivity contribution in [3.05, 3.63) is 12.2 Å². The monoisotopic (exact) mass is 297 g/mol. The lowest BCUT2D eigenvalue weighted by Gasteiger charge is -2.24. The molecule has 0 saturated carbocycles. The van der Waals surface area contributed by atoms with Gasteiger partial charge in [-0.15, -0.1) is 0 Å². The summed E-state index contributed by atoms with van der Waals surface area (Å²) >= 11 is 0. The van der Waals surface area contributed by atoms with Crippen LogP contribution in [0.25, 0.3) is 0 Å². The number of aliphatic carboxylic acids is 1. The molecule has 0 aromatic carbocycles. The Bertz CT molecular complexity index is 322. The van der Waals surface area contributed by atoms with Crippen molar-refractivity contribution in [1.82, 2.24) is 4.90 Å². The summed E-state index contributed by atoms with van der Waals surface area (Å²) in [5, 5.41) is 8.98. The van der Waals surface area contributed by atoms with Crippen molar-refractivity contribution >= 4 is 11.9 Å². The zero-order valence-electron chi connectivity index (χ0n) is 13.8. The van der Waals surface area contributed by atoms with Crippen molar-refractivity contribution in [3.8, 4) is 0 Å². The van der Waals surface area contributed by atoms with Gasteiger partial charge in [-0.3, -0.25) is 9.59 Å². The van der Waals surface area contributed by atoms with Crippen LogP contribution in [0.4, 0.5) is 0 Å². The van der Waals surface area contributed by atoms with Crippen LogP contribution in [0, 0.1) is 5.92 Å². The van der Waals surface area contributed by atoms with Crippen molar-refractivity contribution in [3.63, 3.8) is 0 Å². The molecule has 0 aliphatic rings. The molecule has 0 saturated heterocycles. The van der Waals surface area contributed by atoms with Crippen molar-refractivity contribution < 1.29 is 14.7 Å². The van der Waals surface area contributed by atoms with E-state index < -0.39 is 5.97 Å². The molecule has 4 nitrogen and oxygen atoms in total. The Kier molecular flexibility index (Phi) is 11.6. The van der Waals surface area contributed by atoms with E-state index >= 15 is 0 Å². The zero-order valence-corrected chi connectivity index (χ0v) is 13.8. The highest BCUT2D eigenvalue weighted by atomic mass is 16.4. The van der Waals surface area contributed by atoms with E-state index in [-0.39, 0.29) is 18.2 Å². The fourth-order valence-electron chi connectivity index (χ4n) is 2.37. The van der Waals surface area contributed by atoms with Gasteiger partial charge < -0.3 is 10.0 Å². The Balaban J connectivity index is 4.24. The summed E-state index contributed by atoms with van der Waals surface area (Å²) in [5.41, 5.74) is 0. The topological polar surface area (TPSA) is 57.6 Å². The van der Waals surface area contributed by atoms with Crippen molar-refractivity contribution in [2.24, 2.45) is 5.92 Å². The number of carbonyl (C=O) groups is 2. The van der Waals surface area contributed by atoms with Crippen LogP contribution in [-0.4, -0.2) is 35.0 Å². The normalized spacial score (nSPS) is 12.5. The van der Waals surface area contributed by atoms with Crippen LogP contribution in [-0.2, 0) is 9.59 Å². The first-order valence-corrected chi connectivity index (χ1v) is 8.22. The van der Waals surface area contributed by atoms with Crippen LogP contribution >= 0.6 is 0 Å². The molecule has 0 heterocycles. The molecule has 1 atom stereocenters. The Labute approximate surface area is 129 Å². The number of unbranched alkanes of at least 4 members (excludes halogenated alkanes) is 3. The molecule has 1 unspecified atom stereocenters. The molecule has 0 aromatic heterocycles. The number of hydrogen-bond donors (Lipinski definition) is 1. The highest BCUT2D eigenvalue weighted by Gasteiger charge is 2.24. The van der Waals surface area contributed by atoms with E-state index in [0.717, 1.165) is 32.1 Å². The lowest BCUT2D eigenvalue weighted by molar-refractivity contribution is -0.144. The largest absolute Gasteiger partial charge is 0.481 e. The Morgan fingerprint density at radius 1 is 1.05 bits per heavy atom. The minimum Gasteiger partial charge on any atom is -0.481 e. The van der Waals surface area contributed by atoms with Crippen molar-refractivity contribution in [1.29, 1.82) is 0 Å². The first-order chi connectivity index (χ1) is 10.1. The predicted octanol–water partition coefficient (Wildman–Crippen LogP) is 3.86. The van der Waals surface area contributed by atoms with Crippen LogP contribution in [0.3, 0.4) is 0 Å². The molecule has 4 heteroatoms. The van der Waals surface area contributed by atoms with E-state index in [0.29, 0.717) is 19.5 Å². The number of allylic oxidation sites excluding steroid dienone is 2. The van der Waals surface area contributed by atoms with Gasteiger partial charge in [0, 0.05) is 19.0 Å². The molecule has 21 heavy (non-hydrogen) atoms. The van der Waals surface area contributed by atoms with Gasteiger partial charge in [0.15, 0.2) is 0 Å². The number of carboxylic acid groups (broad SMARTS) is 1. The molecule has 0 aliphatic heterocycles. The van der Waals surface area contributed by atoms with Gasteiger partial charge in [0.25, 0.3) is 0 Å². The number of nitrogens with zero attached hydrogens (tertiary/aromatic N) is 1. The van der Waals surface area contributed by atoms with E-state index in [1.54, 1.807) is 4.90 Å². The standard InChI is InChI=1S/C17H31NO3/c1-4-7-8-9-10-11-12-13-15(14-16(19)20)17(21)18(5-2)6-3/h8-9,15H,4-7,10-14H2,1-3H3,(H,19,20)/b9-8+. The summed E-state index contributed by atoms with van der Waals surface area (Å²) in [4.78, 5) is 25.0. The molecule has 0 spiro atoms. The van der Waals surface area contributed by atoms with Crippen LogP contribution < -0.4 is 0 Å². The van der Waals surface area contributed by atoms with Gasteiger partial charge in [-0.2, -0.15) is 0 Å². The molecular weight excluding hydrogens is 266 g/mol. The molecule has 122 valence electrons. The Morgan fingerprint density at radius 2 is 1.67 bits per heavy atom. The van der Waals surface area contributed by atoms with Crippen molar-refractivity contribution in [2.45, 2.75) is 65.7 Å². The van der Waals surface area contributed by atoms with Gasteiger partial charge in [-0.25, -0.2) is 0 Å². The summed E-state index contributed by atoms with van der Waals surface area (Å²) in [6, 6.07) is 0. The minimum absolute atomic E-state index is 0.0103. The van der Waals surface area contributed by atoms with Crippen molar-refractivity contribution in [2.75, 3.05) is 13.1 Å². The summed E-state index contributed by atoms with van der Waals surface area (Å²) in [6.07, 6.45) is 10.2. The number of hydrogen-bond acceptors (Lipinski definition) is 2. The fourth-order valence-corrected chi connectivity index (χ4v) is 2.37. The smallest absolute Gasteiger partial charge is 0.304 e. The summed E-state index contributed by atoms with van der Waals surface area (Å²) in [7, 11) is 0. The molecular formula is C17H31NO3. The minimum atomic E-state index is -0.886. The third kappa shape index (κ3) is 9.27. The molecule has 0 aromatic rings. The third-order valence-corrected chi connectivity index (χ3v) is 3.64. The van der Waals surface area contributed by atoms with Gasteiger partial charge in [-0.1, -0.05) is 31.9 Å². The first kappa shape index (κ1) is 19.7. The van der Waals surface area contributed by atoms with E-state index in [9.17, 15) is 9.59 Å². The van der Waals surface area contributed by atoms with Gasteiger partial charge in [0.1, 0.15) is 0 Å². The summed E-state index contributed by atoms with van der Waals surface area (Å²) < 4.78 is 0. The maximum absolute atomic E-state index is 12.3. The van der Waals surface area contributed by atoms with Crippen LogP contribution in [0.2, 0.25) is 0 Å². The van der Waals surface area contributed by atoms with E-state index in [4.69, 9.17) is 5.11 Å². The van der Waals surface area contributed by atoms with Gasteiger partial charge in [-0.05, 0) is 39.5 Å². The molecule has 1 N–H and O–H groups in total. The second kappa shape index (κ2) is 12.4. The predicted molar refractivity (Wildman–Crippen MR) is 86.2 cm³/mol. The SMILES string of the molecule is CCC/C=C/CCCCC(CC(=O)O)C(=O)N(CC)CC. The zero-order chi connectivity index (χ0) is 16.1. The molecule has 0 radical (unpaired) electrons. The number of carbonyl (C=O) groups excluding carboxylic acids is 1. The maximum atomic E-state index is 12.3. The highest BCUT2D eigenvalue weighted by Crippen LogP contribution is 2.17. The van der Waals surface area contributed by atoms with E-state index in [2.05, 4.69) is 19.1 Å². The van der Waals surface area contributed by atoms with Gasteiger partial charge in [0.2, 0.25) is 5.91 Å². The average molecular weight is 297 g/mol. The first-order valence-electron chi connectivity index (χ1n) is 8.22. The number of amides is 1. The van der Waals surface area contributed by atoms with Gasteiger partial charge >= 0.3 is 5.97 Å². The van der Waals surface area contributed by atoms with Crippen LogP contribution in [0.15, 0.2) is 12.2 Å². The van der Waals surface area contributed by atoms with Gasteiger partial charge in [0.05, 0.1) is 6.42 Å². The summed E-state index contributed by atoms with van der Waals surface area (Å²) in [5.74, 6) is -1.27. The third-order valence-electron chi connectivity index (χ3n) is 3.64. The number of rotatable bonds is 12.